The quantitative estimate of drug-likeness (QED) is 0.610. The maximum absolute atomic E-state index is 5.64. The van der Waals surface area contributed by atoms with E-state index in [9.17, 15) is 0 Å². The SMILES string of the molecule is Cc1cc(C)n2c(=S)n(CN3CCN(Cc4ccc5c(c4)OCO5)CC3)nc2n1. The Morgan fingerprint density at radius 2 is 1.76 bits per heavy atom. The van der Waals surface area contributed by atoms with E-state index in [2.05, 4.69) is 32.0 Å². The fourth-order valence-corrected chi connectivity index (χ4v) is 4.33. The van der Waals surface area contributed by atoms with E-state index in [0.717, 1.165) is 55.6 Å². The monoisotopic (exact) mass is 412 g/mol. The van der Waals surface area contributed by atoms with E-state index in [1.54, 1.807) is 0 Å². The van der Waals surface area contributed by atoms with Gasteiger partial charge >= 0.3 is 0 Å². The van der Waals surface area contributed by atoms with Crippen LogP contribution in [0.3, 0.4) is 0 Å². The maximum Gasteiger partial charge on any atom is 0.254 e. The maximum atomic E-state index is 5.64. The molecule has 5 rings (SSSR count). The molecule has 0 aliphatic carbocycles. The number of aromatic nitrogens is 4. The summed E-state index contributed by atoms with van der Waals surface area (Å²) >= 11 is 5.64. The van der Waals surface area contributed by atoms with E-state index in [4.69, 9.17) is 21.7 Å². The van der Waals surface area contributed by atoms with Gasteiger partial charge in [0.1, 0.15) is 0 Å². The number of fused-ring (bicyclic) bond motifs is 2. The van der Waals surface area contributed by atoms with Crippen LogP contribution in [0.15, 0.2) is 24.3 Å². The minimum atomic E-state index is 0.317. The van der Waals surface area contributed by atoms with Crippen LogP contribution >= 0.6 is 12.2 Å². The number of ether oxygens (including phenoxy) is 2. The Morgan fingerprint density at radius 1 is 1.00 bits per heavy atom. The van der Waals surface area contributed by atoms with Crippen molar-refractivity contribution in [2.45, 2.75) is 27.1 Å². The molecule has 1 saturated heterocycles. The van der Waals surface area contributed by atoms with E-state index in [0.29, 0.717) is 24.0 Å². The standard InChI is InChI=1S/C20H24N6O2S/c1-14-9-15(2)26-19(21-14)22-25(20(26)29)12-24-7-5-23(6-8-24)11-16-3-4-17-18(10-16)28-13-27-17/h3-4,9-10H,5-8,11-13H2,1-2H3. The van der Waals surface area contributed by atoms with Crippen molar-refractivity contribution in [3.8, 4) is 11.5 Å². The van der Waals surface area contributed by atoms with Gasteiger partial charge < -0.3 is 9.47 Å². The molecular weight excluding hydrogens is 388 g/mol. The summed E-state index contributed by atoms with van der Waals surface area (Å²) < 4.78 is 15.4. The number of rotatable bonds is 4. The Kier molecular flexibility index (Phi) is 4.73. The Morgan fingerprint density at radius 3 is 2.59 bits per heavy atom. The second kappa shape index (κ2) is 7.40. The molecule has 2 aromatic heterocycles. The minimum Gasteiger partial charge on any atom is -0.454 e. The van der Waals surface area contributed by atoms with Gasteiger partial charge in [-0.25, -0.2) is 9.67 Å². The lowest BCUT2D eigenvalue weighted by atomic mass is 10.1. The fourth-order valence-electron chi connectivity index (χ4n) is 4.00. The number of hydrogen-bond acceptors (Lipinski definition) is 7. The van der Waals surface area contributed by atoms with Crippen LogP contribution in [0.4, 0.5) is 0 Å². The lowest BCUT2D eigenvalue weighted by Gasteiger charge is -2.34. The molecule has 152 valence electrons. The van der Waals surface area contributed by atoms with Gasteiger partial charge in [0.15, 0.2) is 11.5 Å². The van der Waals surface area contributed by atoms with Crippen molar-refractivity contribution in [2.24, 2.45) is 0 Å². The molecule has 9 heteroatoms. The first-order valence-electron chi connectivity index (χ1n) is 9.84. The number of aryl methyl sites for hydroxylation is 2. The highest BCUT2D eigenvalue weighted by Gasteiger charge is 2.20. The normalized spacial score (nSPS) is 17.3. The minimum absolute atomic E-state index is 0.317. The molecule has 1 fully saturated rings. The molecule has 29 heavy (non-hydrogen) atoms. The molecule has 0 radical (unpaired) electrons. The van der Waals surface area contributed by atoms with E-state index in [-0.39, 0.29) is 0 Å². The van der Waals surface area contributed by atoms with Gasteiger partial charge in [-0.15, -0.1) is 5.10 Å². The lowest BCUT2D eigenvalue weighted by molar-refractivity contribution is 0.0982. The first kappa shape index (κ1) is 18.5. The largest absolute Gasteiger partial charge is 0.454 e. The zero-order chi connectivity index (χ0) is 20.0. The van der Waals surface area contributed by atoms with Crippen LogP contribution in [0.25, 0.3) is 5.78 Å². The van der Waals surface area contributed by atoms with Crippen molar-refractivity contribution in [1.82, 2.24) is 29.0 Å². The summed E-state index contributed by atoms with van der Waals surface area (Å²) in [7, 11) is 0. The molecule has 0 atom stereocenters. The van der Waals surface area contributed by atoms with Gasteiger partial charge in [0.25, 0.3) is 5.78 Å². The molecule has 8 nitrogen and oxygen atoms in total. The summed E-state index contributed by atoms with van der Waals surface area (Å²) in [6.07, 6.45) is 0. The predicted octanol–water partition coefficient (Wildman–Crippen LogP) is 2.38. The molecule has 0 amide bonds. The third-order valence-corrected chi connectivity index (χ3v) is 5.90. The molecule has 0 saturated carbocycles. The van der Waals surface area contributed by atoms with E-state index < -0.39 is 0 Å². The summed E-state index contributed by atoms with van der Waals surface area (Å²) in [6.45, 7) is 9.91. The van der Waals surface area contributed by atoms with Crippen LogP contribution in [-0.4, -0.2) is 61.9 Å². The molecule has 0 N–H and O–H groups in total. The van der Waals surface area contributed by atoms with Crippen LogP contribution in [0.5, 0.6) is 11.5 Å². The van der Waals surface area contributed by atoms with Crippen LogP contribution in [0, 0.1) is 18.6 Å². The lowest BCUT2D eigenvalue weighted by Crippen LogP contribution is -2.46. The van der Waals surface area contributed by atoms with Gasteiger partial charge in [-0.3, -0.25) is 14.2 Å². The highest BCUT2D eigenvalue weighted by atomic mass is 32.1. The summed E-state index contributed by atoms with van der Waals surface area (Å²) in [5.41, 5.74) is 3.28. The zero-order valence-electron chi connectivity index (χ0n) is 16.7. The molecule has 2 aliphatic heterocycles. The second-order valence-corrected chi connectivity index (χ2v) is 8.04. The smallest absolute Gasteiger partial charge is 0.254 e. The Bertz CT molecular complexity index is 1120. The molecule has 1 aromatic carbocycles. The molecule has 0 bridgehead atoms. The first-order chi connectivity index (χ1) is 14.1. The summed E-state index contributed by atoms with van der Waals surface area (Å²) in [4.78, 5) is 9.37. The van der Waals surface area contributed by atoms with Crippen molar-refractivity contribution < 1.29 is 9.47 Å². The van der Waals surface area contributed by atoms with Crippen LogP contribution < -0.4 is 9.47 Å². The van der Waals surface area contributed by atoms with Crippen molar-refractivity contribution in [1.29, 1.82) is 0 Å². The average Bonchev–Trinajstić information content (AvgIpc) is 3.27. The molecular formula is C20H24N6O2S. The van der Waals surface area contributed by atoms with Crippen LogP contribution in [-0.2, 0) is 13.2 Å². The summed E-state index contributed by atoms with van der Waals surface area (Å²) in [5, 5.41) is 4.63. The summed E-state index contributed by atoms with van der Waals surface area (Å²) in [5.74, 6) is 2.36. The fraction of sp³-hybridized carbons (Fsp3) is 0.450. The van der Waals surface area contributed by atoms with Crippen molar-refractivity contribution in [3.05, 3.63) is 46.0 Å². The van der Waals surface area contributed by atoms with E-state index >= 15 is 0 Å². The van der Waals surface area contributed by atoms with Gasteiger partial charge in [0, 0.05) is 44.1 Å². The van der Waals surface area contributed by atoms with Gasteiger partial charge in [-0.1, -0.05) is 6.07 Å². The van der Waals surface area contributed by atoms with Crippen LogP contribution in [0.2, 0.25) is 0 Å². The van der Waals surface area contributed by atoms with Crippen LogP contribution in [0.1, 0.15) is 17.0 Å². The zero-order valence-corrected chi connectivity index (χ0v) is 17.5. The van der Waals surface area contributed by atoms with Gasteiger partial charge in [0.05, 0.1) is 6.67 Å². The summed E-state index contributed by atoms with van der Waals surface area (Å²) in [6, 6.07) is 8.23. The third-order valence-electron chi connectivity index (χ3n) is 5.51. The number of hydrogen-bond donors (Lipinski definition) is 0. The highest BCUT2D eigenvalue weighted by molar-refractivity contribution is 7.71. The predicted molar refractivity (Wildman–Crippen MR) is 111 cm³/mol. The second-order valence-electron chi connectivity index (χ2n) is 7.68. The Balaban J connectivity index is 1.22. The molecule has 2 aliphatic rings. The van der Waals surface area contributed by atoms with Gasteiger partial charge in [-0.2, -0.15) is 0 Å². The van der Waals surface area contributed by atoms with Crippen molar-refractivity contribution in [2.75, 3.05) is 33.0 Å². The number of piperazine rings is 1. The van der Waals surface area contributed by atoms with Crippen molar-refractivity contribution >= 4 is 18.0 Å². The number of nitrogens with zero attached hydrogens (tertiary/aromatic N) is 6. The molecule has 3 aromatic rings. The first-order valence-corrected chi connectivity index (χ1v) is 10.2. The van der Waals surface area contributed by atoms with E-state index in [1.807, 2.05) is 35.1 Å². The van der Waals surface area contributed by atoms with Crippen molar-refractivity contribution in [3.63, 3.8) is 0 Å². The van der Waals surface area contributed by atoms with Gasteiger partial charge in [-0.05, 0) is 49.8 Å². The Labute approximate surface area is 174 Å². The topological polar surface area (TPSA) is 60.1 Å². The third kappa shape index (κ3) is 3.61. The van der Waals surface area contributed by atoms with Gasteiger partial charge in [0.2, 0.25) is 11.6 Å². The molecule has 0 unspecified atom stereocenters. The van der Waals surface area contributed by atoms with E-state index in [1.165, 1.54) is 5.56 Å². The number of benzene rings is 1. The molecule has 4 heterocycles. The highest BCUT2D eigenvalue weighted by Crippen LogP contribution is 2.32. The molecule has 0 spiro atoms. The Hall–Kier alpha value is -2.49. The average molecular weight is 413 g/mol.